The quantitative estimate of drug-likeness (QED) is 0.843. The van der Waals surface area contributed by atoms with Crippen LogP contribution in [-0.4, -0.2) is 12.0 Å². The van der Waals surface area contributed by atoms with Crippen molar-refractivity contribution >= 4 is 22.9 Å². The van der Waals surface area contributed by atoms with Gasteiger partial charge < -0.3 is 10.1 Å². The first-order chi connectivity index (χ1) is 10.8. The molecule has 1 heterocycles. The summed E-state index contributed by atoms with van der Waals surface area (Å²) < 4.78 is 5.97. The molecule has 1 aliphatic carbocycles. The molecule has 1 aromatic carbocycles. The van der Waals surface area contributed by atoms with E-state index in [0.29, 0.717) is 12.5 Å². The maximum Gasteiger partial charge on any atom is 0.224 e. The largest absolute Gasteiger partial charge is 0.490 e. The van der Waals surface area contributed by atoms with Gasteiger partial charge in [-0.2, -0.15) is 0 Å². The van der Waals surface area contributed by atoms with Crippen LogP contribution in [0.25, 0.3) is 0 Å². The summed E-state index contributed by atoms with van der Waals surface area (Å²) in [5.41, 5.74) is 0.812. The van der Waals surface area contributed by atoms with Gasteiger partial charge in [-0.05, 0) is 55.7 Å². The summed E-state index contributed by atoms with van der Waals surface area (Å²) in [5.74, 6) is 0.898. The number of hydrogen-bond donors (Lipinski definition) is 1. The van der Waals surface area contributed by atoms with Crippen molar-refractivity contribution in [2.24, 2.45) is 0 Å². The van der Waals surface area contributed by atoms with Crippen LogP contribution in [0.4, 0.5) is 5.69 Å². The van der Waals surface area contributed by atoms with Gasteiger partial charge >= 0.3 is 0 Å². The van der Waals surface area contributed by atoms with Crippen molar-refractivity contribution in [3.63, 3.8) is 0 Å². The van der Waals surface area contributed by atoms with Crippen molar-refractivity contribution in [1.29, 1.82) is 0 Å². The Bertz CT molecular complexity index is 603. The minimum atomic E-state index is 0.0476. The van der Waals surface area contributed by atoms with Crippen molar-refractivity contribution in [1.82, 2.24) is 0 Å². The van der Waals surface area contributed by atoms with E-state index in [1.165, 1.54) is 17.7 Å². The van der Waals surface area contributed by atoms with Gasteiger partial charge in [0.05, 0.1) is 6.10 Å². The van der Waals surface area contributed by atoms with Gasteiger partial charge in [0.1, 0.15) is 5.75 Å². The zero-order chi connectivity index (χ0) is 15.2. The summed E-state index contributed by atoms with van der Waals surface area (Å²) >= 11 is 1.69. The molecule has 1 fully saturated rings. The molecule has 0 spiro atoms. The van der Waals surface area contributed by atoms with Gasteiger partial charge in [-0.1, -0.05) is 12.1 Å². The van der Waals surface area contributed by atoms with Crippen LogP contribution in [0.5, 0.6) is 5.75 Å². The molecule has 0 radical (unpaired) electrons. The Balaban J connectivity index is 1.51. The summed E-state index contributed by atoms with van der Waals surface area (Å²) in [7, 11) is 0. The summed E-state index contributed by atoms with van der Waals surface area (Å²) in [4.78, 5) is 13.3. The molecule has 0 bridgehead atoms. The number of anilines is 1. The van der Waals surface area contributed by atoms with Crippen LogP contribution in [0, 0.1) is 0 Å². The number of thiophene rings is 1. The van der Waals surface area contributed by atoms with Crippen LogP contribution in [0.3, 0.4) is 0 Å². The summed E-state index contributed by atoms with van der Waals surface area (Å²) in [6, 6.07) is 11.8. The zero-order valence-electron chi connectivity index (χ0n) is 12.6. The van der Waals surface area contributed by atoms with Crippen LogP contribution in [0.15, 0.2) is 41.8 Å². The predicted molar refractivity (Wildman–Crippen MR) is 90.6 cm³/mol. The Morgan fingerprint density at radius 2 is 2.09 bits per heavy atom. The van der Waals surface area contributed by atoms with Gasteiger partial charge in [0, 0.05) is 23.1 Å². The Morgan fingerprint density at radius 3 is 2.86 bits per heavy atom. The first-order valence-electron chi connectivity index (χ1n) is 7.88. The lowest BCUT2D eigenvalue weighted by atomic mass is 10.2. The average molecular weight is 315 g/mol. The number of carbonyl (C=O) groups excluding carboxylic acids is 1. The van der Waals surface area contributed by atoms with Crippen LogP contribution in [-0.2, 0) is 11.2 Å². The molecule has 1 amide bonds. The summed E-state index contributed by atoms with van der Waals surface area (Å²) in [6.45, 7) is 0. The molecule has 0 unspecified atom stereocenters. The number of amides is 1. The molecule has 22 heavy (non-hydrogen) atoms. The first kappa shape index (κ1) is 15.1. The lowest BCUT2D eigenvalue weighted by molar-refractivity contribution is -0.116. The van der Waals surface area contributed by atoms with Gasteiger partial charge in [0.25, 0.3) is 0 Å². The van der Waals surface area contributed by atoms with Crippen molar-refractivity contribution < 1.29 is 9.53 Å². The Hall–Kier alpha value is -1.81. The second-order valence-corrected chi connectivity index (χ2v) is 6.71. The van der Waals surface area contributed by atoms with E-state index in [2.05, 4.69) is 11.4 Å². The molecule has 3 rings (SSSR count). The average Bonchev–Trinajstić information content (AvgIpc) is 3.19. The molecular weight excluding hydrogens is 294 g/mol. The Labute approximate surface area is 135 Å². The molecule has 0 atom stereocenters. The molecule has 4 heteroatoms. The molecular formula is C18H21NO2S. The van der Waals surface area contributed by atoms with Crippen LogP contribution >= 0.6 is 11.3 Å². The standard InChI is InChI=1S/C18H21NO2S/c20-18(11-10-17-9-4-12-22-17)19-14-5-3-8-16(13-14)21-15-6-1-2-7-15/h3-5,8-9,12-13,15H,1-2,6-7,10-11H2,(H,19,20). The number of aryl methyl sites for hydroxylation is 1. The van der Waals surface area contributed by atoms with Crippen molar-refractivity contribution in [2.75, 3.05) is 5.32 Å². The minimum absolute atomic E-state index is 0.0476. The van der Waals surface area contributed by atoms with Gasteiger partial charge in [-0.3, -0.25) is 4.79 Å². The van der Waals surface area contributed by atoms with E-state index < -0.39 is 0 Å². The highest BCUT2D eigenvalue weighted by Gasteiger charge is 2.16. The van der Waals surface area contributed by atoms with Gasteiger partial charge in [-0.25, -0.2) is 0 Å². The fraction of sp³-hybridized carbons (Fsp3) is 0.389. The number of ether oxygens (including phenoxy) is 1. The number of benzene rings is 1. The molecule has 3 nitrogen and oxygen atoms in total. The molecule has 2 aromatic rings. The third-order valence-corrected chi connectivity index (χ3v) is 4.84. The topological polar surface area (TPSA) is 38.3 Å². The highest BCUT2D eigenvalue weighted by atomic mass is 32.1. The normalized spacial score (nSPS) is 14.9. The maximum absolute atomic E-state index is 12.0. The van der Waals surface area contributed by atoms with E-state index >= 15 is 0 Å². The van der Waals surface area contributed by atoms with E-state index in [0.717, 1.165) is 30.7 Å². The minimum Gasteiger partial charge on any atom is -0.490 e. The zero-order valence-corrected chi connectivity index (χ0v) is 13.4. The fourth-order valence-corrected chi connectivity index (χ4v) is 3.47. The van der Waals surface area contributed by atoms with Crippen LogP contribution in [0.1, 0.15) is 37.0 Å². The molecule has 1 N–H and O–H groups in total. The van der Waals surface area contributed by atoms with E-state index in [9.17, 15) is 4.79 Å². The lowest BCUT2D eigenvalue weighted by Crippen LogP contribution is -2.13. The third-order valence-electron chi connectivity index (χ3n) is 3.90. The smallest absolute Gasteiger partial charge is 0.224 e. The van der Waals surface area contributed by atoms with E-state index in [1.54, 1.807) is 11.3 Å². The predicted octanol–water partition coefficient (Wildman–Crippen LogP) is 4.64. The molecule has 1 aromatic heterocycles. The van der Waals surface area contributed by atoms with Crippen molar-refractivity contribution in [2.45, 2.75) is 44.6 Å². The van der Waals surface area contributed by atoms with E-state index in [-0.39, 0.29) is 5.91 Å². The highest BCUT2D eigenvalue weighted by molar-refractivity contribution is 7.09. The number of carbonyl (C=O) groups is 1. The van der Waals surface area contributed by atoms with Crippen molar-refractivity contribution in [3.8, 4) is 5.75 Å². The monoisotopic (exact) mass is 315 g/mol. The summed E-state index contributed by atoms with van der Waals surface area (Å²) in [6.07, 6.45) is 6.42. The van der Waals surface area contributed by atoms with Gasteiger partial charge in [0.15, 0.2) is 0 Å². The van der Waals surface area contributed by atoms with Gasteiger partial charge in [-0.15, -0.1) is 11.3 Å². The molecule has 116 valence electrons. The highest BCUT2D eigenvalue weighted by Crippen LogP contribution is 2.25. The molecule has 0 saturated heterocycles. The molecule has 1 saturated carbocycles. The fourth-order valence-electron chi connectivity index (χ4n) is 2.76. The third kappa shape index (κ3) is 4.34. The molecule has 0 aliphatic heterocycles. The first-order valence-corrected chi connectivity index (χ1v) is 8.76. The number of rotatable bonds is 6. The molecule has 1 aliphatic rings. The second kappa shape index (κ2) is 7.45. The Kier molecular flexibility index (Phi) is 5.11. The SMILES string of the molecule is O=C(CCc1cccs1)Nc1cccc(OC2CCCC2)c1. The van der Waals surface area contributed by atoms with Gasteiger partial charge in [0.2, 0.25) is 5.91 Å². The van der Waals surface area contributed by atoms with Crippen molar-refractivity contribution in [3.05, 3.63) is 46.7 Å². The Morgan fingerprint density at radius 1 is 1.23 bits per heavy atom. The number of hydrogen-bond acceptors (Lipinski definition) is 3. The van der Waals surface area contributed by atoms with Crippen LogP contribution in [0.2, 0.25) is 0 Å². The van der Waals surface area contributed by atoms with E-state index in [1.807, 2.05) is 35.7 Å². The van der Waals surface area contributed by atoms with Crippen LogP contribution < -0.4 is 10.1 Å². The number of nitrogens with one attached hydrogen (secondary N) is 1. The second-order valence-electron chi connectivity index (χ2n) is 5.68. The maximum atomic E-state index is 12.0. The lowest BCUT2D eigenvalue weighted by Gasteiger charge is -2.14. The summed E-state index contributed by atoms with van der Waals surface area (Å²) in [5, 5.41) is 4.99. The van der Waals surface area contributed by atoms with E-state index in [4.69, 9.17) is 4.74 Å².